The Morgan fingerprint density at radius 2 is 2.12 bits per heavy atom. The first-order valence-corrected chi connectivity index (χ1v) is 5.07. The highest BCUT2D eigenvalue weighted by molar-refractivity contribution is 5.86. The lowest BCUT2D eigenvalue weighted by Crippen LogP contribution is -2.12. The lowest BCUT2D eigenvalue weighted by atomic mass is 10.2. The molecular weight excluding hydrogens is 239 g/mol. The quantitative estimate of drug-likeness (QED) is 0.867. The Morgan fingerprint density at radius 3 is 2.59 bits per heavy atom. The number of hydrogen-bond acceptors (Lipinski definition) is 3. The average Bonchev–Trinajstić information content (AvgIpc) is 2.58. The summed E-state index contributed by atoms with van der Waals surface area (Å²) in [5, 5.41) is 15.7. The minimum absolute atomic E-state index is 0.0168. The van der Waals surface area contributed by atoms with E-state index >= 15 is 0 Å². The second-order valence-electron chi connectivity index (χ2n) is 3.49. The van der Waals surface area contributed by atoms with Gasteiger partial charge in [-0.15, -0.1) is 5.10 Å². The highest BCUT2D eigenvalue weighted by Crippen LogP contribution is 2.21. The molecule has 0 aliphatic carbocycles. The summed E-state index contributed by atoms with van der Waals surface area (Å²) in [5.41, 5.74) is 0.152. The summed E-state index contributed by atoms with van der Waals surface area (Å²) in [4.78, 5) is 10.7. The zero-order valence-electron chi connectivity index (χ0n) is 9.16. The van der Waals surface area contributed by atoms with Crippen LogP contribution in [0.3, 0.4) is 0 Å². The Balaban J connectivity index is 2.69. The fourth-order valence-electron chi connectivity index (χ4n) is 1.46. The molecule has 1 rings (SSSR count). The van der Waals surface area contributed by atoms with E-state index in [1.807, 2.05) is 0 Å². The third-order valence-electron chi connectivity index (χ3n) is 2.21. The lowest BCUT2D eigenvalue weighted by Gasteiger charge is -2.07. The van der Waals surface area contributed by atoms with E-state index in [0.29, 0.717) is 12.1 Å². The molecule has 8 heteroatoms. The fourth-order valence-corrected chi connectivity index (χ4v) is 1.46. The minimum atomic E-state index is -4.21. The maximum Gasteiger partial charge on any atom is 0.389 e. The second kappa shape index (κ2) is 5.15. The van der Waals surface area contributed by atoms with Crippen molar-refractivity contribution in [2.24, 2.45) is 0 Å². The normalized spacial score (nSPS) is 11.8. The predicted octanol–water partition coefficient (Wildman–Crippen LogP) is 1.88. The first-order valence-electron chi connectivity index (χ1n) is 5.07. The third-order valence-corrected chi connectivity index (χ3v) is 2.21. The van der Waals surface area contributed by atoms with Crippen LogP contribution in [0.5, 0.6) is 0 Å². The molecule has 0 aliphatic rings. The van der Waals surface area contributed by atoms with E-state index in [2.05, 4.69) is 10.3 Å². The largest absolute Gasteiger partial charge is 0.476 e. The summed E-state index contributed by atoms with van der Waals surface area (Å²) < 4.78 is 37.0. The fraction of sp³-hybridized carbons (Fsp3) is 0.667. The Morgan fingerprint density at radius 1 is 1.47 bits per heavy atom. The van der Waals surface area contributed by atoms with Crippen molar-refractivity contribution < 1.29 is 23.1 Å². The van der Waals surface area contributed by atoms with E-state index in [0.717, 1.165) is 0 Å². The van der Waals surface area contributed by atoms with E-state index in [-0.39, 0.29) is 18.7 Å². The van der Waals surface area contributed by atoms with E-state index < -0.39 is 18.6 Å². The summed E-state index contributed by atoms with van der Waals surface area (Å²) in [6, 6.07) is 0. The van der Waals surface area contributed by atoms with Gasteiger partial charge in [0.25, 0.3) is 0 Å². The number of rotatable bonds is 5. The smallest absolute Gasteiger partial charge is 0.389 e. The highest BCUT2D eigenvalue weighted by Gasteiger charge is 2.26. The predicted molar refractivity (Wildman–Crippen MR) is 51.6 cm³/mol. The summed E-state index contributed by atoms with van der Waals surface area (Å²) in [5.74, 6) is -1.22. The molecule has 0 aliphatic heterocycles. The number of hydrogen-bond donors (Lipinski definition) is 1. The molecule has 1 aromatic heterocycles. The van der Waals surface area contributed by atoms with Gasteiger partial charge in [-0.25, -0.2) is 9.48 Å². The monoisotopic (exact) mass is 251 g/mol. The van der Waals surface area contributed by atoms with Crippen LogP contribution in [0.2, 0.25) is 0 Å². The van der Waals surface area contributed by atoms with Crippen molar-refractivity contribution in [2.75, 3.05) is 0 Å². The Hall–Kier alpha value is -1.60. The number of halogens is 3. The van der Waals surface area contributed by atoms with Crippen LogP contribution in [0.15, 0.2) is 0 Å². The number of aromatic carboxylic acids is 1. The molecule has 0 bridgehead atoms. The van der Waals surface area contributed by atoms with Crippen molar-refractivity contribution >= 4 is 5.97 Å². The zero-order valence-corrected chi connectivity index (χ0v) is 9.16. The highest BCUT2D eigenvalue weighted by atomic mass is 19.4. The number of aryl methyl sites for hydroxylation is 1. The number of nitrogens with zero attached hydrogens (tertiary/aromatic N) is 3. The second-order valence-corrected chi connectivity index (χ2v) is 3.49. The molecule has 0 unspecified atom stereocenters. The molecule has 0 saturated heterocycles. The van der Waals surface area contributed by atoms with Gasteiger partial charge in [0.15, 0.2) is 5.69 Å². The molecule has 0 saturated carbocycles. The van der Waals surface area contributed by atoms with Gasteiger partial charge < -0.3 is 5.11 Å². The Labute approximate surface area is 95.2 Å². The standard InChI is InChI=1S/C9H12F3N3O2/c1-2-6-7(8(16)17)13-14-15(6)5-3-4-9(10,11)12/h2-5H2,1H3,(H,16,17). The van der Waals surface area contributed by atoms with Crippen molar-refractivity contribution in [1.29, 1.82) is 0 Å². The van der Waals surface area contributed by atoms with E-state index in [9.17, 15) is 18.0 Å². The van der Waals surface area contributed by atoms with Crippen LogP contribution >= 0.6 is 0 Å². The molecule has 5 nitrogen and oxygen atoms in total. The average molecular weight is 251 g/mol. The van der Waals surface area contributed by atoms with Gasteiger partial charge in [0, 0.05) is 13.0 Å². The van der Waals surface area contributed by atoms with Gasteiger partial charge in [0.1, 0.15) is 0 Å². The summed E-state index contributed by atoms with van der Waals surface area (Å²) in [6.45, 7) is 1.72. The van der Waals surface area contributed by atoms with Gasteiger partial charge in [-0.1, -0.05) is 12.1 Å². The van der Waals surface area contributed by atoms with E-state index in [1.54, 1.807) is 6.92 Å². The van der Waals surface area contributed by atoms with Crippen molar-refractivity contribution in [3.63, 3.8) is 0 Å². The summed E-state index contributed by atoms with van der Waals surface area (Å²) >= 11 is 0. The Bertz CT molecular complexity index is 401. The molecule has 0 radical (unpaired) electrons. The van der Waals surface area contributed by atoms with Crippen molar-refractivity contribution in [3.05, 3.63) is 11.4 Å². The number of aromatic nitrogens is 3. The van der Waals surface area contributed by atoms with Gasteiger partial charge in [0.05, 0.1) is 5.69 Å². The van der Waals surface area contributed by atoms with Crippen molar-refractivity contribution in [3.8, 4) is 0 Å². The third kappa shape index (κ3) is 3.72. The number of carboxylic acids is 1. The maximum atomic E-state index is 11.9. The summed E-state index contributed by atoms with van der Waals surface area (Å²) in [7, 11) is 0. The van der Waals surface area contributed by atoms with Crippen LogP contribution in [0.4, 0.5) is 13.2 Å². The molecule has 0 fully saturated rings. The SMILES string of the molecule is CCc1c(C(=O)O)nnn1CCCC(F)(F)F. The number of carboxylic acid groups (broad SMARTS) is 1. The van der Waals surface area contributed by atoms with Gasteiger partial charge >= 0.3 is 12.1 Å². The zero-order chi connectivity index (χ0) is 13.1. The number of alkyl halides is 3. The van der Waals surface area contributed by atoms with Crippen LogP contribution in [0, 0.1) is 0 Å². The van der Waals surface area contributed by atoms with Crippen LogP contribution < -0.4 is 0 Å². The van der Waals surface area contributed by atoms with E-state index in [4.69, 9.17) is 5.11 Å². The molecule has 0 amide bonds. The molecule has 17 heavy (non-hydrogen) atoms. The summed E-state index contributed by atoms with van der Waals surface area (Å²) in [6.07, 6.45) is -4.90. The van der Waals surface area contributed by atoms with Crippen LogP contribution in [0.1, 0.15) is 35.9 Å². The van der Waals surface area contributed by atoms with Gasteiger partial charge in [-0.05, 0) is 12.8 Å². The topological polar surface area (TPSA) is 68.0 Å². The molecule has 0 atom stereocenters. The minimum Gasteiger partial charge on any atom is -0.476 e. The molecule has 0 aromatic carbocycles. The molecule has 0 spiro atoms. The van der Waals surface area contributed by atoms with Crippen molar-refractivity contribution in [1.82, 2.24) is 15.0 Å². The van der Waals surface area contributed by atoms with Gasteiger partial charge in [-0.2, -0.15) is 13.2 Å². The Kier molecular flexibility index (Phi) is 4.08. The molecule has 1 heterocycles. The van der Waals surface area contributed by atoms with E-state index in [1.165, 1.54) is 4.68 Å². The first-order chi connectivity index (χ1) is 7.85. The number of carbonyl (C=O) groups is 1. The van der Waals surface area contributed by atoms with Crippen LogP contribution in [-0.4, -0.2) is 32.2 Å². The molecule has 1 aromatic rings. The van der Waals surface area contributed by atoms with Crippen LogP contribution in [0.25, 0.3) is 0 Å². The van der Waals surface area contributed by atoms with Gasteiger partial charge in [0.2, 0.25) is 0 Å². The molecule has 1 N–H and O–H groups in total. The molecular formula is C9H12F3N3O2. The van der Waals surface area contributed by atoms with Gasteiger partial charge in [-0.3, -0.25) is 0 Å². The first kappa shape index (κ1) is 13.5. The molecule has 96 valence electrons. The maximum absolute atomic E-state index is 11.9. The lowest BCUT2D eigenvalue weighted by molar-refractivity contribution is -0.136. The van der Waals surface area contributed by atoms with Crippen molar-refractivity contribution in [2.45, 2.75) is 38.9 Å². The van der Waals surface area contributed by atoms with Crippen LogP contribution in [-0.2, 0) is 13.0 Å².